The second-order valence-corrected chi connectivity index (χ2v) is 7.33. The Morgan fingerprint density at radius 2 is 1.63 bits per heavy atom. The first kappa shape index (κ1) is 19.9. The number of amides is 3. The maximum atomic E-state index is 12.5. The Labute approximate surface area is 174 Å². The van der Waals surface area contributed by atoms with Crippen LogP contribution >= 0.6 is 0 Å². The number of hydrogen-bond acceptors (Lipinski definition) is 6. The number of nitrogens with zero attached hydrogens (tertiary/aromatic N) is 5. The van der Waals surface area contributed by atoms with Gasteiger partial charge in [0, 0.05) is 70.2 Å². The Hall–Kier alpha value is -3.39. The van der Waals surface area contributed by atoms with Gasteiger partial charge in [-0.15, -0.1) is 0 Å². The lowest BCUT2D eigenvalue weighted by Gasteiger charge is -2.35. The van der Waals surface area contributed by atoms with E-state index in [1.54, 1.807) is 17.3 Å². The molecule has 8 nitrogen and oxygen atoms in total. The number of piperazine rings is 1. The summed E-state index contributed by atoms with van der Waals surface area (Å²) in [6.45, 7) is 3.74. The second kappa shape index (κ2) is 8.96. The maximum Gasteiger partial charge on any atom is 0.253 e. The molecule has 0 bridgehead atoms. The zero-order valence-electron chi connectivity index (χ0n) is 16.6. The van der Waals surface area contributed by atoms with E-state index in [1.807, 2.05) is 24.3 Å². The van der Waals surface area contributed by atoms with Crippen LogP contribution in [-0.4, -0.2) is 75.1 Å². The molecule has 0 spiro atoms. The van der Waals surface area contributed by atoms with Gasteiger partial charge in [0.05, 0.1) is 11.4 Å². The molecule has 0 aliphatic carbocycles. The summed E-state index contributed by atoms with van der Waals surface area (Å²) in [5, 5.41) is 0. The number of carbonyl (C=O) groups excluding carboxylic acids is 3. The molecule has 0 N–H and O–H groups in total. The molecule has 2 aromatic heterocycles. The van der Waals surface area contributed by atoms with Crippen LogP contribution in [0, 0.1) is 0 Å². The summed E-state index contributed by atoms with van der Waals surface area (Å²) in [5.74, 6) is -0.719. The summed E-state index contributed by atoms with van der Waals surface area (Å²) >= 11 is 0. The average Bonchev–Trinajstić information content (AvgIpc) is 3.10. The zero-order valence-corrected chi connectivity index (χ0v) is 16.6. The molecule has 0 aromatic carbocycles. The van der Waals surface area contributed by atoms with Gasteiger partial charge in [-0.05, 0) is 29.8 Å². The molecule has 4 heterocycles. The third-order valence-electron chi connectivity index (χ3n) is 5.33. The summed E-state index contributed by atoms with van der Waals surface area (Å²) in [7, 11) is 0. The standard InChI is InChI=1S/C22H23N5O3/c28-20(7-10-27-21(29)4-5-22(27)30)26-13-11-25(12-14-26)16-17-6-9-24-19(15-17)18-3-1-2-8-23-18/h1-6,8-9,15H,7,10-14,16H2. The van der Waals surface area contributed by atoms with Crippen LogP contribution in [0.5, 0.6) is 0 Å². The average molecular weight is 405 g/mol. The van der Waals surface area contributed by atoms with Crippen molar-refractivity contribution < 1.29 is 14.4 Å². The molecule has 1 saturated heterocycles. The minimum atomic E-state index is -0.347. The minimum absolute atomic E-state index is 0.0245. The summed E-state index contributed by atoms with van der Waals surface area (Å²) in [5.41, 5.74) is 2.85. The molecule has 4 rings (SSSR count). The number of aromatic nitrogens is 2. The highest BCUT2D eigenvalue weighted by atomic mass is 16.2. The van der Waals surface area contributed by atoms with E-state index in [4.69, 9.17) is 0 Å². The quantitative estimate of drug-likeness (QED) is 0.669. The van der Waals surface area contributed by atoms with Crippen LogP contribution in [-0.2, 0) is 20.9 Å². The van der Waals surface area contributed by atoms with Gasteiger partial charge in [-0.1, -0.05) is 6.07 Å². The molecule has 2 aliphatic rings. The van der Waals surface area contributed by atoms with Gasteiger partial charge in [0.2, 0.25) is 5.91 Å². The van der Waals surface area contributed by atoms with E-state index >= 15 is 0 Å². The van der Waals surface area contributed by atoms with Crippen molar-refractivity contribution in [3.63, 3.8) is 0 Å². The first-order valence-corrected chi connectivity index (χ1v) is 10.00. The van der Waals surface area contributed by atoms with Gasteiger partial charge < -0.3 is 4.90 Å². The fraction of sp³-hybridized carbons (Fsp3) is 0.318. The second-order valence-electron chi connectivity index (χ2n) is 7.33. The molecular formula is C22H23N5O3. The van der Waals surface area contributed by atoms with Gasteiger partial charge in [-0.3, -0.25) is 34.2 Å². The van der Waals surface area contributed by atoms with Crippen molar-refractivity contribution >= 4 is 17.7 Å². The molecule has 8 heteroatoms. The lowest BCUT2D eigenvalue weighted by atomic mass is 10.1. The van der Waals surface area contributed by atoms with Crippen LogP contribution in [0.15, 0.2) is 54.9 Å². The third kappa shape index (κ3) is 4.60. The van der Waals surface area contributed by atoms with Gasteiger partial charge in [0.25, 0.3) is 11.8 Å². The van der Waals surface area contributed by atoms with Gasteiger partial charge in [-0.2, -0.15) is 0 Å². The highest BCUT2D eigenvalue weighted by Crippen LogP contribution is 2.17. The fourth-order valence-corrected chi connectivity index (χ4v) is 3.66. The van der Waals surface area contributed by atoms with Crippen molar-refractivity contribution in [1.29, 1.82) is 0 Å². The predicted octanol–water partition coefficient (Wildman–Crippen LogP) is 1.10. The number of carbonyl (C=O) groups is 3. The van der Waals surface area contributed by atoms with E-state index in [-0.39, 0.29) is 30.7 Å². The first-order chi connectivity index (χ1) is 14.6. The van der Waals surface area contributed by atoms with Crippen LogP contribution in [0.25, 0.3) is 11.4 Å². The molecule has 0 saturated carbocycles. The lowest BCUT2D eigenvalue weighted by molar-refractivity contribution is -0.138. The Balaban J connectivity index is 1.26. The highest BCUT2D eigenvalue weighted by Gasteiger charge is 2.26. The van der Waals surface area contributed by atoms with Crippen molar-refractivity contribution in [3.8, 4) is 11.4 Å². The van der Waals surface area contributed by atoms with Crippen molar-refractivity contribution in [2.45, 2.75) is 13.0 Å². The SMILES string of the molecule is O=C(CCN1C(=O)C=CC1=O)N1CCN(Cc2ccnc(-c3ccccn3)c2)CC1. The highest BCUT2D eigenvalue weighted by molar-refractivity contribution is 6.13. The van der Waals surface area contributed by atoms with E-state index < -0.39 is 0 Å². The number of imide groups is 1. The smallest absolute Gasteiger partial charge is 0.253 e. The lowest BCUT2D eigenvalue weighted by Crippen LogP contribution is -2.49. The third-order valence-corrected chi connectivity index (χ3v) is 5.33. The molecule has 2 aliphatic heterocycles. The summed E-state index contributed by atoms with van der Waals surface area (Å²) in [6, 6.07) is 9.82. The maximum absolute atomic E-state index is 12.5. The Bertz CT molecular complexity index is 950. The molecule has 2 aromatic rings. The van der Waals surface area contributed by atoms with Gasteiger partial charge in [0.15, 0.2) is 0 Å². The van der Waals surface area contributed by atoms with E-state index in [0.717, 1.165) is 41.5 Å². The molecule has 30 heavy (non-hydrogen) atoms. The van der Waals surface area contributed by atoms with E-state index in [2.05, 4.69) is 20.9 Å². The van der Waals surface area contributed by atoms with Crippen LogP contribution in [0.2, 0.25) is 0 Å². The molecular weight excluding hydrogens is 382 g/mol. The van der Waals surface area contributed by atoms with Crippen molar-refractivity contribution in [2.24, 2.45) is 0 Å². The number of pyridine rings is 2. The molecule has 0 unspecified atom stereocenters. The molecule has 0 atom stereocenters. The number of rotatable bonds is 6. The van der Waals surface area contributed by atoms with Gasteiger partial charge in [-0.25, -0.2) is 0 Å². The van der Waals surface area contributed by atoms with Crippen molar-refractivity contribution in [2.75, 3.05) is 32.7 Å². The van der Waals surface area contributed by atoms with Gasteiger partial charge in [0.1, 0.15) is 0 Å². The fourth-order valence-electron chi connectivity index (χ4n) is 3.66. The van der Waals surface area contributed by atoms with Crippen LogP contribution in [0.4, 0.5) is 0 Å². The predicted molar refractivity (Wildman–Crippen MR) is 110 cm³/mol. The van der Waals surface area contributed by atoms with E-state index in [0.29, 0.717) is 13.1 Å². The summed E-state index contributed by atoms with van der Waals surface area (Å²) < 4.78 is 0. The molecule has 3 amide bonds. The van der Waals surface area contributed by atoms with Crippen LogP contribution in [0.3, 0.4) is 0 Å². The monoisotopic (exact) mass is 405 g/mol. The van der Waals surface area contributed by atoms with Gasteiger partial charge >= 0.3 is 0 Å². The van der Waals surface area contributed by atoms with E-state index in [9.17, 15) is 14.4 Å². The molecule has 0 radical (unpaired) electrons. The first-order valence-electron chi connectivity index (χ1n) is 10.00. The van der Waals surface area contributed by atoms with Crippen LogP contribution in [0.1, 0.15) is 12.0 Å². The molecule has 1 fully saturated rings. The topological polar surface area (TPSA) is 86.7 Å². The Kier molecular flexibility index (Phi) is 5.94. The minimum Gasteiger partial charge on any atom is -0.340 e. The Morgan fingerprint density at radius 1 is 0.900 bits per heavy atom. The summed E-state index contributed by atoms with van der Waals surface area (Å²) in [6.07, 6.45) is 6.20. The zero-order chi connectivity index (χ0) is 20.9. The summed E-state index contributed by atoms with van der Waals surface area (Å²) in [4.78, 5) is 49.6. The van der Waals surface area contributed by atoms with Crippen molar-refractivity contribution in [3.05, 3.63) is 60.4 Å². The normalized spacial score (nSPS) is 17.1. The number of hydrogen-bond donors (Lipinski definition) is 0. The Morgan fingerprint density at radius 3 is 2.33 bits per heavy atom. The molecule has 154 valence electrons. The van der Waals surface area contributed by atoms with Crippen LogP contribution < -0.4 is 0 Å². The largest absolute Gasteiger partial charge is 0.340 e. The van der Waals surface area contributed by atoms with Crippen molar-refractivity contribution in [1.82, 2.24) is 24.7 Å². The van der Waals surface area contributed by atoms with E-state index in [1.165, 1.54) is 12.2 Å².